The highest BCUT2D eigenvalue weighted by Crippen LogP contribution is 2.24. The molecule has 5 nitrogen and oxygen atoms in total. The van der Waals surface area contributed by atoms with Gasteiger partial charge in [-0.05, 0) is 59.8 Å². The van der Waals surface area contributed by atoms with Gasteiger partial charge in [0.2, 0.25) is 10.0 Å². The third-order valence-corrected chi connectivity index (χ3v) is 5.51. The monoisotopic (exact) mass is 348 g/mol. The molecule has 0 spiro atoms. The van der Waals surface area contributed by atoms with E-state index in [1.807, 2.05) is 0 Å². The second-order valence-electron chi connectivity index (χ2n) is 4.81. The van der Waals surface area contributed by atoms with Gasteiger partial charge < -0.3 is 10.8 Å². The molecule has 4 N–H and O–H groups in total. The van der Waals surface area contributed by atoms with Crippen LogP contribution < -0.4 is 10.5 Å². The van der Waals surface area contributed by atoms with Crippen molar-refractivity contribution >= 4 is 31.6 Å². The van der Waals surface area contributed by atoms with Crippen LogP contribution in [0.25, 0.3) is 0 Å². The molecule has 1 aromatic rings. The van der Waals surface area contributed by atoms with E-state index in [0.29, 0.717) is 35.8 Å². The molecule has 0 heterocycles. The van der Waals surface area contributed by atoms with Gasteiger partial charge in [-0.25, -0.2) is 13.1 Å². The topological polar surface area (TPSA) is 92.4 Å². The van der Waals surface area contributed by atoms with Crippen LogP contribution in [0.3, 0.4) is 0 Å². The molecule has 1 aliphatic carbocycles. The summed E-state index contributed by atoms with van der Waals surface area (Å²) in [6, 6.07) is 4.43. The average molecular weight is 349 g/mol. The van der Waals surface area contributed by atoms with Crippen LogP contribution in [0.5, 0.6) is 0 Å². The number of benzene rings is 1. The molecule has 2 rings (SSSR count). The van der Waals surface area contributed by atoms with Crippen LogP contribution in [0.2, 0.25) is 0 Å². The smallest absolute Gasteiger partial charge is 0.240 e. The SMILES string of the molecule is Nc1ccc(S(=O)(=O)NC2CCC(O)CC2)cc1Br. The Morgan fingerprint density at radius 1 is 1.26 bits per heavy atom. The van der Waals surface area contributed by atoms with Gasteiger partial charge in [0.15, 0.2) is 0 Å². The molecule has 7 heteroatoms. The van der Waals surface area contributed by atoms with Gasteiger partial charge in [0.1, 0.15) is 0 Å². The normalized spacial score (nSPS) is 24.3. The van der Waals surface area contributed by atoms with Crippen molar-refractivity contribution in [3.63, 3.8) is 0 Å². The minimum absolute atomic E-state index is 0.107. The van der Waals surface area contributed by atoms with Crippen LogP contribution >= 0.6 is 15.9 Å². The van der Waals surface area contributed by atoms with Crippen LogP contribution in [0, 0.1) is 0 Å². The first-order chi connectivity index (χ1) is 8.88. The van der Waals surface area contributed by atoms with Crippen molar-refractivity contribution in [2.45, 2.75) is 42.7 Å². The van der Waals surface area contributed by atoms with Crippen LogP contribution in [0.1, 0.15) is 25.7 Å². The number of nitrogens with one attached hydrogen (secondary N) is 1. The first kappa shape index (κ1) is 14.8. The molecule has 0 radical (unpaired) electrons. The van der Waals surface area contributed by atoms with Gasteiger partial charge in [-0.3, -0.25) is 0 Å². The summed E-state index contributed by atoms with van der Waals surface area (Å²) < 4.78 is 27.7. The molecule has 0 unspecified atom stereocenters. The lowest BCUT2D eigenvalue weighted by Gasteiger charge is -2.26. The van der Waals surface area contributed by atoms with E-state index in [4.69, 9.17) is 5.73 Å². The molecule has 19 heavy (non-hydrogen) atoms. The van der Waals surface area contributed by atoms with Gasteiger partial charge in [-0.1, -0.05) is 0 Å². The Bertz CT molecular complexity index is 554. The highest BCUT2D eigenvalue weighted by atomic mass is 79.9. The maximum absolute atomic E-state index is 12.2. The third kappa shape index (κ3) is 3.68. The summed E-state index contributed by atoms with van der Waals surface area (Å²) in [7, 11) is -3.53. The van der Waals surface area contributed by atoms with Crippen molar-refractivity contribution < 1.29 is 13.5 Å². The minimum Gasteiger partial charge on any atom is -0.398 e. The summed E-state index contributed by atoms with van der Waals surface area (Å²) in [5.74, 6) is 0. The number of nitrogens with two attached hydrogens (primary N) is 1. The molecule has 0 aliphatic heterocycles. The largest absolute Gasteiger partial charge is 0.398 e. The number of hydrogen-bond acceptors (Lipinski definition) is 4. The highest BCUT2D eigenvalue weighted by Gasteiger charge is 2.25. The Morgan fingerprint density at radius 2 is 1.89 bits per heavy atom. The van der Waals surface area contributed by atoms with Gasteiger partial charge in [0.25, 0.3) is 0 Å². The van der Waals surface area contributed by atoms with E-state index in [1.165, 1.54) is 12.1 Å². The van der Waals surface area contributed by atoms with Gasteiger partial charge >= 0.3 is 0 Å². The summed E-state index contributed by atoms with van der Waals surface area (Å²) >= 11 is 3.22. The van der Waals surface area contributed by atoms with Crippen molar-refractivity contribution in [1.82, 2.24) is 4.72 Å². The molecule has 0 bridgehead atoms. The molecule has 1 aromatic carbocycles. The van der Waals surface area contributed by atoms with Crippen LogP contribution in [0.15, 0.2) is 27.6 Å². The van der Waals surface area contributed by atoms with Gasteiger partial charge in [0.05, 0.1) is 11.0 Å². The fourth-order valence-corrected chi connectivity index (χ4v) is 4.02. The van der Waals surface area contributed by atoms with E-state index in [1.54, 1.807) is 6.07 Å². The minimum atomic E-state index is -3.53. The standard InChI is InChI=1S/C12H17BrN2O3S/c13-11-7-10(5-6-12(11)14)19(17,18)15-8-1-3-9(16)4-2-8/h5-9,15-16H,1-4,14H2. The first-order valence-electron chi connectivity index (χ1n) is 6.14. The molecular formula is C12H17BrN2O3S. The molecule has 106 valence electrons. The summed E-state index contributed by atoms with van der Waals surface area (Å²) in [6.45, 7) is 0. The zero-order chi connectivity index (χ0) is 14.0. The second-order valence-corrected chi connectivity index (χ2v) is 7.38. The fourth-order valence-electron chi connectivity index (χ4n) is 2.16. The quantitative estimate of drug-likeness (QED) is 0.723. The number of anilines is 1. The van der Waals surface area contributed by atoms with Crippen molar-refractivity contribution in [1.29, 1.82) is 0 Å². The van der Waals surface area contributed by atoms with Gasteiger partial charge in [0, 0.05) is 16.2 Å². The fraction of sp³-hybridized carbons (Fsp3) is 0.500. The molecule has 0 saturated heterocycles. The maximum Gasteiger partial charge on any atom is 0.240 e. The molecule has 1 saturated carbocycles. The Hall–Kier alpha value is -0.630. The zero-order valence-electron chi connectivity index (χ0n) is 10.3. The summed E-state index contributed by atoms with van der Waals surface area (Å²) in [4.78, 5) is 0.194. The molecule has 1 aliphatic rings. The van der Waals surface area contributed by atoms with Gasteiger partial charge in [-0.15, -0.1) is 0 Å². The predicted octanol–water partition coefficient (Wildman–Crippen LogP) is 1.61. The number of aliphatic hydroxyl groups is 1. The van der Waals surface area contributed by atoms with Crippen molar-refractivity contribution in [3.8, 4) is 0 Å². The van der Waals surface area contributed by atoms with E-state index in [9.17, 15) is 13.5 Å². The number of hydrogen-bond donors (Lipinski definition) is 3. The predicted molar refractivity (Wildman–Crippen MR) is 77.1 cm³/mol. The van der Waals surface area contributed by atoms with E-state index in [2.05, 4.69) is 20.7 Å². The van der Waals surface area contributed by atoms with Crippen LogP contribution in [-0.2, 0) is 10.0 Å². The van der Waals surface area contributed by atoms with Crippen LogP contribution in [0.4, 0.5) is 5.69 Å². The Kier molecular flexibility index (Phi) is 4.50. The molecule has 1 fully saturated rings. The molecule has 0 amide bonds. The molecule has 0 atom stereocenters. The summed E-state index contributed by atoms with van der Waals surface area (Å²) in [5, 5.41) is 9.41. The second kappa shape index (κ2) is 5.78. The van der Waals surface area contributed by atoms with Crippen molar-refractivity contribution in [3.05, 3.63) is 22.7 Å². The lowest BCUT2D eigenvalue weighted by molar-refractivity contribution is 0.120. The van der Waals surface area contributed by atoms with E-state index >= 15 is 0 Å². The maximum atomic E-state index is 12.2. The number of rotatable bonds is 3. The number of aliphatic hydroxyl groups excluding tert-OH is 1. The Balaban J connectivity index is 2.11. The summed E-state index contributed by atoms with van der Waals surface area (Å²) in [5.41, 5.74) is 6.14. The Labute approximate surface area is 121 Å². The average Bonchev–Trinajstić information content (AvgIpc) is 2.35. The third-order valence-electron chi connectivity index (χ3n) is 3.30. The van der Waals surface area contributed by atoms with Gasteiger partial charge in [-0.2, -0.15) is 0 Å². The number of halogens is 1. The van der Waals surface area contributed by atoms with Crippen LogP contribution in [-0.4, -0.2) is 25.7 Å². The molecule has 0 aromatic heterocycles. The number of sulfonamides is 1. The highest BCUT2D eigenvalue weighted by molar-refractivity contribution is 9.10. The first-order valence-corrected chi connectivity index (χ1v) is 8.41. The summed E-state index contributed by atoms with van der Waals surface area (Å²) in [6.07, 6.45) is 2.30. The zero-order valence-corrected chi connectivity index (χ0v) is 12.7. The molecular weight excluding hydrogens is 332 g/mol. The Morgan fingerprint density at radius 3 is 2.47 bits per heavy atom. The number of nitrogen functional groups attached to an aromatic ring is 1. The lowest BCUT2D eigenvalue weighted by atomic mass is 9.94. The van der Waals surface area contributed by atoms with E-state index < -0.39 is 10.0 Å². The van der Waals surface area contributed by atoms with E-state index in [0.717, 1.165) is 0 Å². The van der Waals surface area contributed by atoms with Crippen molar-refractivity contribution in [2.24, 2.45) is 0 Å². The van der Waals surface area contributed by atoms with Crippen molar-refractivity contribution in [2.75, 3.05) is 5.73 Å². The van der Waals surface area contributed by atoms with E-state index in [-0.39, 0.29) is 17.0 Å². The lowest BCUT2D eigenvalue weighted by Crippen LogP contribution is -2.38.